The molecular weight excluding hydrogens is 489 g/mol. The predicted octanol–water partition coefficient (Wildman–Crippen LogP) is 5.09. The zero-order valence-electron chi connectivity index (χ0n) is 18.6. The number of imidazole rings is 1. The fourth-order valence-corrected chi connectivity index (χ4v) is 4.00. The van der Waals surface area contributed by atoms with Gasteiger partial charge in [0.1, 0.15) is 11.9 Å². The van der Waals surface area contributed by atoms with E-state index in [0.717, 1.165) is 17.0 Å². The molecule has 2 amide bonds. The molecule has 1 atom stereocenters. The van der Waals surface area contributed by atoms with Crippen molar-refractivity contribution in [2.75, 3.05) is 31.8 Å². The molecule has 0 aliphatic carbocycles. The van der Waals surface area contributed by atoms with Crippen molar-refractivity contribution in [2.45, 2.75) is 25.1 Å². The molecular formula is C23H22ClF3N4O4. The summed E-state index contributed by atoms with van der Waals surface area (Å²) >= 11 is 6.01. The second kappa shape index (κ2) is 10.1. The number of aromatic nitrogens is 2. The van der Waals surface area contributed by atoms with Gasteiger partial charge in [-0.2, -0.15) is 13.2 Å². The summed E-state index contributed by atoms with van der Waals surface area (Å²) in [5.74, 6) is -0.404. The van der Waals surface area contributed by atoms with Gasteiger partial charge in [0.05, 0.1) is 35.5 Å². The Bertz CT molecular complexity index is 1250. The minimum Gasteiger partial charge on any atom is -0.449 e. The lowest BCUT2D eigenvalue weighted by atomic mass is 10.1. The number of carbonyl (C=O) groups excluding carboxylic acids is 2. The minimum atomic E-state index is -4.80. The third kappa shape index (κ3) is 5.51. The molecule has 4 rings (SSSR count). The van der Waals surface area contributed by atoms with Gasteiger partial charge >= 0.3 is 12.3 Å². The molecule has 3 aromatic rings. The van der Waals surface area contributed by atoms with E-state index in [4.69, 9.17) is 21.1 Å². The van der Waals surface area contributed by atoms with Gasteiger partial charge < -0.3 is 19.8 Å². The molecule has 1 fully saturated rings. The number of benzene rings is 2. The normalized spacial score (nSPS) is 15.6. The molecule has 1 saturated heterocycles. The van der Waals surface area contributed by atoms with Crippen molar-refractivity contribution in [2.24, 2.45) is 0 Å². The molecule has 0 radical (unpaired) electrons. The van der Waals surface area contributed by atoms with E-state index >= 15 is 0 Å². The van der Waals surface area contributed by atoms with E-state index in [9.17, 15) is 22.8 Å². The smallest absolute Gasteiger partial charge is 0.418 e. The number of H-pyrrole nitrogens is 1. The fourth-order valence-electron chi connectivity index (χ4n) is 3.82. The maximum absolute atomic E-state index is 13.9. The molecule has 0 saturated carbocycles. The average Bonchev–Trinajstić information content (AvgIpc) is 3.11. The van der Waals surface area contributed by atoms with Crippen molar-refractivity contribution in [3.8, 4) is 0 Å². The number of cyclic esters (lactones) is 1. The molecule has 35 heavy (non-hydrogen) atoms. The summed E-state index contributed by atoms with van der Waals surface area (Å²) in [6.07, 6.45) is -4.61. The van der Waals surface area contributed by atoms with E-state index in [1.807, 2.05) is 0 Å². The van der Waals surface area contributed by atoms with Crippen LogP contribution in [0.15, 0.2) is 36.4 Å². The highest BCUT2D eigenvalue weighted by Gasteiger charge is 2.37. The van der Waals surface area contributed by atoms with Crippen LogP contribution >= 0.6 is 11.6 Å². The van der Waals surface area contributed by atoms with Crippen LogP contribution in [-0.4, -0.2) is 48.8 Å². The van der Waals surface area contributed by atoms with Gasteiger partial charge in [-0.05, 0) is 49.2 Å². The number of hydrogen-bond donors (Lipinski definition) is 2. The van der Waals surface area contributed by atoms with Crippen molar-refractivity contribution in [1.82, 2.24) is 15.3 Å². The number of fused-ring (bicyclic) bond motifs is 1. The molecule has 1 aliphatic heterocycles. The number of nitrogens with one attached hydrogen (secondary N) is 2. The lowest BCUT2D eigenvalue weighted by Gasteiger charge is -2.24. The number of halogens is 4. The summed E-state index contributed by atoms with van der Waals surface area (Å²) in [6, 6.07) is 7.34. The second-order valence-corrected chi connectivity index (χ2v) is 8.40. The summed E-state index contributed by atoms with van der Waals surface area (Å²) in [4.78, 5) is 33.6. The van der Waals surface area contributed by atoms with Gasteiger partial charge in [-0.1, -0.05) is 11.6 Å². The number of nitrogens with zero attached hydrogens (tertiary/aromatic N) is 2. The number of methoxy groups -OCH3 is 1. The first kappa shape index (κ1) is 24.8. The van der Waals surface area contributed by atoms with Crippen molar-refractivity contribution in [3.05, 3.63) is 58.4 Å². The highest BCUT2D eigenvalue weighted by atomic mass is 35.5. The summed E-state index contributed by atoms with van der Waals surface area (Å²) in [7, 11) is 1.43. The molecule has 1 aromatic heterocycles. The number of aromatic amines is 1. The first-order valence-electron chi connectivity index (χ1n) is 10.8. The Morgan fingerprint density at radius 1 is 1.29 bits per heavy atom. The Morgan fingerprint density at radius 2 is 2.09 bits per heavy atom. The Balaban J connectivity index is 1.63. The summed E-state index contributed by atoms with van der Waals surface area (Å²) < 4.78 is 51.9. The molecule has 1 aliphatic rings. The second-order valence-electron chi connectivity index (χ2n) is 7.97. The highest BCUT2D eigenvalue weighted by Crippen LogP contribution is 2.38. The number of amides is 2. The fraction of sp³-hybridized carbons (Fsp3) is 0.348. The molecule has 2 N–H and O–H groups in total. The number of ether oxygens (including phenoxy) is 2. The van der Waals surface area contributed by atoms with Gasteiger partial charge in [0.25, 0.3) is 5.91 Å². The van der Waals surface area contributed by atoms with Crippen LogP contribution in [0.2, 0.25) is 5.02 Å². The minimum absolute atomic E-state index is 0.0170. The molecule has 2 heterocycles. The van der Waals surface area contributed by atoms with Gasteiger partial charge in [-0.3, -0.25) is 9.69 Å². The highest BCUT2D eigenvalue weighted by molar-refractivity contribution is 6.31. The first-order chi connectivity index (χ1) is 16.7. The van der Waals surface area contributed by atoms with Crippen molar-refractivity contribution in [3.63, 3.8) is 0 Å². The van der Waals surface area contributed by atoms with E-state index < -0.39 is 29.8 Å². The lowest BCUT2D eigenvalue weighted by Crippen LogP contribution is -2.34. The van der Waals surface area contributed by atoms with Crippen molar-refractivity contribution in [1.29, 1.82) is 0 Å². The molecule has 12 heteroatoms. The van der Waals surface area contributed by atoms with Crippen molar-refractivity contribution < 1.29 is 32.2 Å². The monoisotopic (exact) mass is 510 g/mol. The third-order valence-corrected chi connectivity index (χ3v) is 5.74. The van der Waals surface area contributed by atoms with E-state index in [1.54, 1.807) is 18.2 Å². The van der Waals surface area contributed by atoms with Crippen LogP contribution < -0.4 is 10.2 Å². The van der Waals surface area contributed by atoms with Crippen LogP contribution in [0.1, 0.15) is 40.6 Å². The van der Waals surface area contributed by atoms with Crippen LogP contribution in [0.3, 0.4) is 0 Å². The van der Waals surface area contributed by atoms with Gasteiger partial charge in [-0.15, -0.1) is 0 Å². The zero-order chi connectivity index (χ0) is 25.2. The maximum atomic E-state index is 13.9. The molecule has 2 aromatic carbocycles. The lowest BCUT2D eigenvalue weighted by molar-refractivity contribution is -0.137. The molecule has 186 valence electrons. The van der Waals surface area contributed by atoms with Gasteiger partial charge in [0.15, 0.2) is 0 Å². The van der Waals surface area contributed by atoms with Gasteiger partial charge in [-0.25, -0.2) is 9.78 Å². The zero-order valence-corrected chi connectivity index (χ0v) is 19.4. The van der Waals surface area contributed by atoms with Crippen LogP contribution in [0, 0.1) is 0 Å². The molecule has 0 spiro atoms. The van der Waals surface area contributed by atoms with E-state index in [0.29, 0.717) is 34.7 Å². The van der Waals surface area contributed by atoms with Crippen LogP contribution in [-0.2, 0) is 15.7 Å². The van der Waals surface area contributed by atoms with Gasteiger partial charge in [0, 0.05) is 24.2 Å². The van der Waals surface area contributed by atoms with Crippen molar-refractivity contribution >= 4 is 40.3 Å². The maximum Gasteiger partial charge on any atom is 0.418 e. The van der Waals surface area contributed by atoms with E-state index in [2.05, 4.69) is 15.3 Å². The number of alkyl halides is 3. The van der Waals surface area contributed by atoms with Crippen LogP contribution in [0.5, 0.6) is 0 Å². The number of anilines is 1. The molecule has 0 bridgehead atoms. The number of carbonyl (C=O) groups is 2. The molecule has 0 unspecified atom stereocenters. The SMILES string of the molecule is COC[C@H](NC(=O)c1ccc(N2CCCCOC2=O)c(C(F)(F)F)c1)c1nc2ccc(Cl)cc2[nH]1. The number of hydrogen-bond acceptors (Lipinski definition) is 5. The van der Waals surface area contributed by atoms with E-state index in [-0.39, 0.29) is 31.0 Å². The third-order valence-electron chi connectivity index (χ3n) is 5.51. The Labute approximate surface area is 203 Å². The standard InChI is InChI=1S/C23H22ClF3N4O4/c1-34-12-18(20-28-16-6-5-14(24)11-17(16)29-20)30-21(32)13-4-7-19(15(10-13)23(25,26)27)31-8-2-3-9-35-22(31)33/h4-7,10-11,18H,2-3,8-9,12H2,1H3,(H,28,29)(H,30,32)/t18-/m0/s1. The first-order valence-corrected chi connectivity index (χ1v) is 11.2. The summed E-state index contributed by atoms with van der Waals surface area (Å²) in [5.41, 5.74) is -0.456. The van der Waals surface area contributed by atoms with Gasteiger partial charge in [0.2, 0.25) is 0 Å². The average molecular weight is 511 g/mol. The van der Waals surface area contributed by atoms with E-state index in [1.165, 1.54) is 13.2 Å². The quantitative estimate of drug-likeness (QED) is 0.481. The molecule has 8 nitrogen and oxygen atoms in total. The topological polar surface area (TPSA) is 96.6 Å². The Kier molecular flexibility index (Phi) is 7.18. The predicted molar refractivity (Wildman–Crippen MR) is 123 cm³/mol. The largest absolute Gasteiger partial charge is 0.449 e. The summed E-state index contributed by atoms with van der Waals surface area (Å²) in [6.45, 7) is 0.245. The summed E-state index contributed by atoms with van der Waals surface area (Å²) in [5, 5.41) is 3.15. The Hall–Kier alpha value is -3.31. The number of rotatable bonds is 6. The van der Waals surface area contributed by atoms with Crippen LogP contribution in [0.4, 0.5) is 23.7 Å². The Morgan fingerprint density at radius 3 is 2.83 bits per heavy atom. The van der Waals surface area contributed by atoms with Crippen LogP contribution in [0.25, 0.3) is 11.0 Å².